The van der Waals surface area contributed by atoms with Crippen molar-refractivity contribution in [3.05, 3.63) is 42.5 Å². The second-order valence-corrected chi connectivity index (χ2v) is 6.53. The maximum Gasteiger partial charge on any atom is 0.239 e. The molecule has 2 amide bonds. The van der Waals surface area contributed by atoms with Crippen LogP contribution in [0.15, 0.2) is 42.5 Å². The van der Waals surface area contributed by atoms with Crippen LogP contribution in [-0.4, -0.2) is 25.2 Å². The molecule has 0 unspecified atom stereocenters. The molecule has 0 spiro atoms. The van der Waals surface area contributed by atoms with Gasteiger partial charge in [-0.05, 0) is 45.0 Å². The van der Waals surface area contributed by atoms with E-state index in [0.29, 0.717) is 35.2 Å². The molecular weight excluding hydrogens is 348 g/mol. The largest absolute Gasteiger partial charge is 0.492 e. The van der Waals surface area contributed by atoms with Crippen molar-refractivity contribution in [1.29, 1.82) is 0 Å². The quantitative estimate of drug-likeness (QED) is 0.761. The second-order valence-electron chi connectivity index (χ2n) is 6.53. The van der Waals surface area contributed by atoms with E-state index in [1.165, 1.54) is 0 Å². The fourth-order valence-electron chi connectivity index (χ4n) is 2.49. The van der Waals surface area contributed by atoms with Gasteiger partial charge in [0.2, 0.25) is 18.6 Å². The third-order valence-corrected chi connectivity index (χ3v) is 4.20. The van der Waals surface area contributed by atoms with Crippen LogP contribution in [0.2, 0.25) is 0 Å². The highest BCUT2D eigenvalue weighted by Gasteiger charge is 2.36. The number of rotatable bonds is 6. The number of ether oxygens (including phenoxy) is 3. The van der Waals surface area contributed by atoms with Crippen molar-refractivity contribution in [1.82, 2.24) is 0 Å². The van der Waals surface area contributed by atoms with Crippen molar-refractivity contribution in [3.63, 3.8) is 0 Å². The Morgan fingerprint density at radius 2 is 1.74 bits per heavy atom. The van der Waals surface area contributed by atoms with E-state index in [-0.39, 0.29) is 6.79 Å². The van der Waals surface area contributed by atoms with Gasteiger partial charge in [-0.25, -0.2) is 0 Å². The fourth-order valence-corrected chi connectivity index (χ4v) is 2.49. The van der Waals surface area contributed by atoms with Gasteiger partial charge in [0.25, 0.3) is 0 Å². The zero-order valence-electron chi connectivity index (χ0n) is 15.5. The van der Waals surface area contributed by atoms with Crippen LogP contribution in [0.5, 0.6) is 17.2 Å². The molecule has 2 aromatic rings. The first-order valence-corrected chi connectivity index (χ1v) is 8.66. The molecular formula is C20H22N2O5. The van der Waals surface area contributed by atoms with Crippen LogP contribution in [0.4, 0.5) is 11.4 Å². The lowest BCUT2D eigenvalue weighted by atomic mass is 9.90. The average Bonchev–Trinajstić information content (AvgIpc) is 3.11. The van der Waals surface area contributed by atoms with Crippen molar-refractivity contribution < 1.29 is 23.8 Å². The third kappa shape index (κ3) is 3.97. The Morgan fingerprint density at radius 3 is 2.52 bits per heavy atom. The summed E-state index contributed by atoms with van der Waals surface area (Å²) < 4.78 is 16.1. The van der Waals surface area contributed by atoms with Gasteiger partial charge in [-0.2, -0.15) is 0 Å². The Labute approximate surface area is 157 Å². The summed E-state index contributed by atoms with van der Waals surface area (Å²) in [7, 11) is 0. The van der Waals surface area contributed by atoms with Crippen molar-refractivity contribution in [2.75, 3.05) is 24.0 Å². The predicted octanol–water partition coefficient (Wildman–Crippen LogP) is 3.42. The van der Waals surface area contributed by atoms with E-state index < -0.39 is 17.2 Å². The minimum atomic E-state index is -1.31. The van der Waals surface area contributed by atoms with E-state index >= 15 is 0 Å². The highest BCUT2D eigenvalue weighted by molar-refractivity contribution is 6.14. The van der Waals surface area contributed by atoms with Crippen LogP contribution < -0.4 is 24.8 Å². The lowest BCUT2D eigenvalue weighted by Gasteiger charge is -2.23. The Morgan fingerprint density at radius 1 is 1.04 bits per heavy atom. The summed E-state index contributed by atoms with van der Waals surface area (Å²) in [5.74, 6) is 0.860. The average molecular weight is 370 g/mol. The number of para-hydroxylation sites is 2. The van der Waals surface area contributed by atoms with E-state index in [2.05, 4.69) is 10.6 Å². The maximum absolute atomic E-state index is 12.7. The number of amides is 2. The summed E-state index contributed by atoms with van der Waals surface area (Å²) >= 11 is 0. The molecule has 0 saturated heterocycles. The SMILES string of the molecule is CCOc1ccccc1NC(=O)C(C)(C)C(=O)Nc1ccc2c(c1)OCO2. The van der Waals surface area contributed by atoms with Gasteiger partial charge in [0.05, 0.1) is 12.3 Å². The van der Waals surface area contributed by atoms with Gasteiger partial charge in [0, 0.05) is 11.8 Å². The summed E-state index contributed by atoms with van der Waals surface area (Å²) in [6.45, 7) is 5.62. The molecule has 0 radical (unpaired) electrons. The van der Waals surface area contributed by atoms with Crippen LogP contribution in [0.25, 0.3) is 0 Å². The lowest BCUT2D eigenvalue weighted by molar-refractivity contribution is -0.135. The van der Waals surface area contributed by atoms with E-state index in [4.69, 9.17) is 14.2 Å². The van der Waals surface area contributed by atoms with Crippen LogP contribution in [0.3, 0.4) is 0 Å². The summed E-state index contributed by atoms with van der Waals surface area (Å²) in [6, 6.07) is 12.2. The van der Waals surface area contributed by atoms with Crippen molar-refractivity contribution in [2.45, 2.75) is 20.8 Å². The number of fused-ring (bicyclic) bond motifs is 1. The van der Waals surface area contributed by atoms with Crippen LogP contribution in [0, 0.1) is 5.41 Å². The minimum Gasteiger partial charge on any atom is -0.492 e. The lowest BCUT2D eigenvalue weighted by Crippen LogP contribution is -2.41. The molecule has 3 rings (SSSR count). The molecule has 1 aliphatic heterocycles. The molecule has 0 atom stereocenters. The summed E-state index contributed by atoms with van der Waals surface area (Å²) in [5.41, 5.74) is -0.261. The molecule has 7 heteroatoms. The molecule has 2 aromatic carbocycles. The number of hydrogen-bond acceptors (Lipinski definition) is 5. The molecule has 0 saturated carbocycles. The highest BCUT2D eigenvalue weighted by Crippen LogP contribution is 2.35. The molecule has 1 aliphatic rings. The standard InChI is InChI=1S/C20H22N2O5/c1-4-25-15-8-6-5-7-14(15)22-19(24)20(2,3)18(23)21-13-9-10-16-17(11-13)27-12-26-16/h5-11H,4,12H2,1-3H3,(H,21,23)(H,22,24). The Balaban J connectivity index is 1.71. The Hall–Kier alpha value is -3.22. The van der Waals surface area contributed by atoms with Crippen molar-refractivity contribution in [3.8, 4) is 17.2 Å². The van der Waals surface area contributed by atoms with Crippen molar-refractivity contribution >= 4 is 23.2 Å². The van der Waals surface area contributed by atoms with Gasteiger partial charge in [-0.1, -0.05) is 12.1 Å². The van der Waals surface area contributed by atoms with Gasteiger partial charge >= 0.3 is 0 Å². The fraction of sp³-hybridized carbons (Fsp3) is 0.300. The zero-order chi connectivity index (χ0) is 19.4. The monoisotopic (exact) mass is 370 g/mol. The molecule has 7 nitrogen and oxygen atoms in total. The summed E-state index contributed by atoms with van der Waals surface area (Å²) in [5, 5.41) is 5.53. The molecule has 0 aromatic heterocycles. The first kappa shape index (κ1) is 18.6. The maximum atomic E-state index is 12.7. The minimum absolute atomic E-state index is 0.153. The van der Waals surface area contributed by atoms with Crippen LogP contribution >= 0.6 is 0 Å². The van der Waals surface area contributed by atoms with E-state index in [1.807, 2.05) is 13.0 Å². The molecule has 142 valence electrons. The normalized spacial score (nSPS) is 12.4. The van der Waals surface area contributed by atoms with E-state index in [9.17, 15) is 9.59 Å². The first-order valence-electron chi connectivity index (χ1n) is 8.66. The molecule has 0 fully saturated rings. The number of carbonyl (C=O) groups is 2. The van der Waals surface area contributed by atoms with Crippen LogP contribution in [0.1, 0.15) is 20.8 Å². The summed E-state index contributed by atoms with van der Waals surface area (Å²) in [4.78, 5) is 25.4. The van der Waals surface area contributed by atoms with E-state index in [1.54, 1.807) is 50.2 Å². The Bertz CT molecular complexity index is 863. The number of benzene rings is 2. The third-order valence-electron chi connectivity index (χ3n) is 4.20. The van der Waals surface area contributed by atoms with Gasteiger partial charge < -0.3 is 24.8 Å². The number of nitrogens with one attached hydrogen (secondary N) is 2. The molecule has 1 heterocycles. The predicted molar refractivity (Wildman–Crippen MR) is 101 cm³/mol. The zero-order valence-corrected chi connectivity index (χ0v) is 15.5. The van der Waals surface area contributed by atoms with Gasteiger partial charge in [0.1, 0.15) is 11.2 Å². The smallest absolute Gasteiger partial charge is 0.239 e. The first-order chi connectivity index (χ1) is 12.9. The van der Waals surface area contributed by atoms with E-state index in [0.717, 1.165) is 0 Å². The van der Waals surface area contributed by atoms with Gasteiger partial charge in [-0.3, -0.25) is 9.59 Å². The Kier molecular flexibility index (Phi) is 5.21. The van der Waals surface area contributed by atoms with Gasteiger partial charge in [-0.15, -0.1) is 0 Å². The number of carbonyl (C=O) groups excluding carboxylic acids is 2. The topological polar surface area (TPSA) is 85.9 Å². The second kappa shape index (κ2) is 7.57. The highest BCUT2D eigenvalue weighted by atomic mass is 16.7. The summed E-state index contributed by atoms with van der Waals surface area (Å²) in [6.07, 6.45) is 0. The number of anilines is 2. The molecule has 0 aliphatic carbocycles. The molecule has 0 bridgehead atoms. The van der Waals surface area contributed by atoms with Crippen molar-refractivity contribution in [2.24, 2.45) is 5.41 Å². The molecule has 2 N–H and O–H groups in total. The van der Waals surface area contributed by atoms with Crippen LogP contribution in [-0.2, 0) is 9.59 Å². The molecule has 27 heavy (non-hydrogen) atoms. The number of hydrogen-bond donors (Lipinski definition) is 2. The van der Waals surface area contributed by atoms with Gasteiger partial charge in [0.15, 0.2) is 11.5 Å².